The summed E-state index contributed by atoms with van der Waals surface area (Å²) in [6.07, 6.45) is 8.53. The Bertz CT molecular complexity index is 3170. The number of ether oxygens (including phenoxy) is 4. The molecule has 0 aliphatic carbocycles. The molecule has 12 nitrogen and oxygen atoms in total. The molecule has 12 heteroatoms. The summed E-state index contributed by atoms with van der Waals surface area (Å²) in [5, 5.41) is 0. The van der Waals surface area contributed by atoms with Crippen LogP contribution in [0.25, 0.3) is 90.9 Å². The smallest absolute Gasteiger partial charge is 0.119 e. The maximum absolute atomic E-state index is 6.30. The first-order chi connectivity index (χ1) is 39.3. The van der Waals surface area contributed by atoms with Crippen molar-refractivity contribution in [1.82, 2.24) is 39.5 Å². The van der Waals surface area contributed by atoms with Crippen LogP contribution in [0.3, 0.4) is 0 Å². The predicted molar refractivity (Wildman–Crippen MR) is 334 cm³/mol. The Morgan fingerprint density at radius 2 is 0.512 bits per heavy atom. The number of hydrogen-bond donors (Lipinski definition) is 2. The van der Waals surface area contributed by atoms with Gasteiger partial charge < -0.3 is 48.5 Å². The summed E-state index contributed by atoms with van der Waals surface area (Å²) in [6.45, 7) is 31.4. The van der Waals surface area contributed by atoms with Gasteiger partial charge in [0.1, 0.15) is 49.4 Å². The van der Waals surface area contributed by atoms with E-state index < -0.39 is 0 Å². The molecule has 0 atom stereocenters. The number of hydrogen-bond acceptors (Lipinski definition) is 10. The Balaban J connectivity index is 1.24. The SMILES string of the molecule is CCN(CC)CCOc1ccc(-c2c3nc(c(-c4ccc(OCCN(CC)CC)cc4)c4ccc([nH]4)c(-c4ccc(OCCN(CC)CC)cc4)c4ccc([nH]4)c(-c4ccc(OCCN(CC)CC)cc4)c4nc2C=C4)C=C3)cc1. The van der Waals surface area contributed by atoms with E-state index >= 15 is 0 Å². The zero-order valence-corrected chi connectivity index (χ0v) is 48.5. The number of rotatable bonds is 28. The fraction of sp³-hybridized carbons (Fsp3) is 0.353. The van der Waals surface area contributed by atoms with Crippen molar-refractivity contribution < 1.29 is 18.9 Å². The first-order valence-electron chi connectivity index (χ1n) is 29.2. The molecular weight excluding hydrogens is 993 g/mol. The average molecular weight is 1080 g/mol. The van der Waals surface area contributed by atoms with Crippen LogP contribution in [0, 0.1) is 0 Å². The van der Waals surface area contributed by atoms with Gasteiger partial charge in [-0.3, -0.25) is 0 Å². The Morgan fingerprint density at radius 1 is 0.287 bits per heavy atom. The quantitative estimate of drug-likeness (QED) is 0.0492. The lowest BCUT2D eigenvalue weighted by molar-refractivity contribution is 0.223. The summed E-state index contributed by atoms with van der Waals surface area (Å²) in [5.41, 5.74) is 15.0. The van der Waals surface area contributed by atoms with E-state index in [-0.39, 0.29) is 0 Å². The normalized spacial score (nSPS) is 12.2. The van der Waals surface area contributed by atoms with Gasteiger partial charge in [-0.05, 0) is 172 Å². The van der Waals surface area contributed by atoms with E-state index in [2.05, 4.69) is 231 Å². The average Bonchev–Trinajstić information content (AvgIpc) is 4.40. The highest BCUT2D eigenvalue weighted by molar-refractivity contribution is 6.00. The van der Waals surface area contributed by atoms with Gasteiger partial charge in [0.25, 0.3) is 0 Å². The van der Waals surface area contributed by atoms with Gasteiger partial charge in [0.15, 0.2) is 0 Å². The van der Waals surface area contributed by atoms with Crippen LogP contribution in [0.1, 0.15) is 78.2 Å². The number of nitrogens with one attached hydrogen (secondary N) is 2. The maximum atomic E-state index is 6.30. The van der Waals surface area contributed by atoms with E-state index in [0.29, 0.717) is 26.4 Å². The molecule has 2 aliphatic heterocycles. The Hall–Kier alpha value is -7.48. The van der Waals surface area contributed by atoms with E-state index in [1.807, 2.05) is 0 Å². The molecule has 0 amide bonds. The number of fused-ring (bicyclic) bond motifs is 8. The number of likely N-dealkylation sites (N-methyl/N-ethyl adjacent to an activating group) is 4. The molecule has 80 heavy (non-hydrogen) atoms. The summed E-state index contributed by atoms with van der Waals surface area (Å²) < 4.78 is 25.2. The summed E-state index contributed by atoms with van der Waals surface area (Å²) in [5.74, 6) is 3.32. The first-order valence-corrected chi connectivity index (χ1v) is 29.2. The molecule has 0 spiro atoms. The molecule has 0 saturated heterocycles. The molecule has 2 aliphatic rings. The van der Waals surface area contributed by atoms with E-state index in [0.717, 1.165) is 191 Å². The Kier molecular flexibility index (Phi) is 20.1. The van der Waals surface area contributed by atoms with Gasteiger partial charge in [0, 0.05) is 70.5 Å². The molecule has 7 aromatic rings. The van der Waals surface area contributed by atoms with Crippen LogP contribution >= 0.6 is 0 Å². The van der Waals surface area contributed by atoms with Gasteiger partial charge in [-0.1, -0.05) is 104 Å². The molecular formula is C68H82N8O4. The molecule has 2 N–H and O–H groups in total. The largest absolute Gasteiger partial charge is 0.492 e. The Labute approximate surface area is 474 Å². The molecule has 4 aromatic carbocycles. The summed E-state index contributed by atoms with van der Waals surface area (Å²) in [7, 11) is 0. The number of H-pyrrole nitrogens is 2. The van der Waals surface area contributed by atoms with Crippen molar-refractivity contribution in [2.45, 2.75) is 55.4 Å². The van der Waals surface area contributed by atoms with Gasteiger partial charge in [0.05, 0.1) is 22.8 Å². The second-order valence-corrected chi connectivity index (χ2v) is 20.1. The summed E-state index contributed by atoms with van der Waals surface area (Å²) in [6, 6.07) is 42.5. The van der Waals surface area contributed by atoms with Crippen molar-refractivity contribution in [1.29, 1.82) is 0 Å². The lowest BCUT2D eigenvalue weighted by Crippen LogP contribution is -2.27. The third kappa shape index (κ3) is 13.9. The maximum Gasteiger partial charge on any atom is 0.119 e. The van der Waals surface area contributed by atoms with Crippen molar-refractivity contribution >= 4 is 46.4 Å². The predicted octanol–water partition coefficient (Wildman–Crippen LogP) is 14.2. The third-order valence-corrected chi connectivity index (χ3v) is 15.6. The lowest BCUT2D eigenvalue weighted by atomic mass is 10.0. The number of nitrogens with zero attached hydrogens (tertiary/aromatic N) is 6. The number of aromatic nitrogens is 4. The van der Waals surface area contributed by atoms with Crippen LogP contribution in [0.5, 0.6) is 23.0 Å². The Morgan fingerprint density at radius 3 is 0.775 bits per heavy atom. The zero-order valence-electron chi connectivity index (χ0n) is 48.5. The van der Waals surface area contributed by atoms with Crippen molar-refractivity contribution in [2.24, 2.45) is 0 Å². The monoisotopic (exact) mass is 1070 g/mol. The highest BCUT2D eigenvalue weighted by Crippen LogP contribution is 2.40. The topological polar surface area (TPSA) is 107 Å². The van der Waals surface area contributed by atoms with Gasteiger partial charge in [-0.25, -0.2) is 9.97 Å². The molecule has 0 saturated carbocycles. The van der Waals surface area contributed by atoms with Crippen LogP contribution in [-0.4, -0.2) is 145 Å². The molecule has 9 rings (SSSR count). The first kappa shape index (κ1) is 57.2. The molecule has 8 bridgehead atoms. The molecule has 0 fully saturated rings. The van der Waals surface area contributed by atoms with Crippen LogP contribution in [0.4, 0.5) is 0 Å². The van der Waals surface area contributed by atoms with Gasteiger partial charge >= 0.3 is 0 Å². The number of aromatic amines is 2. The van der Waals surface area contributed by atoms with E-state index in [1.54, 1.807) is 0 Å². The van der Waals surface area contributed by atoms with Crippen LogP contribution < -0.4 is 18.9 Å². The highest BCUT2D eigenvalue weighted by atomic mass is 16.5. The molecule has 3 aromatic heterocycles. The lowest BCUT2D eigenvalue weighted by Gasteiger charge is -2.18. The highest BCUT2D eigenvalue weighted by Gasteiger charge is 2.21. The van der Waals surface area contributed by atoms with E-state index in [4.69, 9.17) is 28.9 Å². The van der Waals surface area contributed by atoms with Gasteiger partial charge in [0.2, 0.25) is 0 Å². The fourth-order valence-electron chi connectivity index (χ4n) is 10.6. The van der Waals surface area contributed by atoms with Crippen molar-refractivity contribution in [3.8, 4) is 67.5 Å². The molecule has 5 heterocycles. The molecule has 418 valence electrons. The van der Waals surface area contributed by atoms with E-state index in [9.17, 15) is 0 Å². The van der Waals surface area contributed by atoms with Crippen molar-refractivity contribution in [3.05, 3.63) is 144 Å². The molecule has 0 unspecified atom stereocenters. The number of benzene rings is 4. The summed E-state index contributed by atoms with van der Waals surface area (Å²) in [4.78, 5) is 28.5. The fourth-order valence-corrected chi connectivity index (χ4v) is 10.6. The van der Waals surface area contributed by atoms with E-state index in [1.165, 1.54) is 0 Å². The van der Waals surface area contributed by atoms with Crippen LogP contribution in [-0.2, 0) is 0 Å². The summed E-state index contributed by atoms with van der Waals surface area (Å²) >= 11 is 0. The second kappa shape index (κ2) is 28.1. The van der Waals surface area contributed by atoms with Crippen molar-refractivity contribution in [2.75, 3.05) is 105 Å². The van der Waals surface area contributed by atoms with Crippen LogP contribution in [0.15, 0.2) is 121 Å². The minimum atomic E-state index is 0.613. The van der Waals surface area contributed by atoms with Gasteiger partial charge in [-0.15, -0.1) is 0 Å². The minimum absolute atomic E-state index is 0.613. The zero-order chi connectivity index (χ0) is 55.8. The third-order valence-electron chi connectivity index (χ3n) is 15.6. The van der Waals surface area contributed by atoms with Crippen LogP contribution in [0.2, 0.25) is 0 Å². The van der Waals surface area contributed by atoms with Crippen molar-refractivity contribution in [3.63, 3.8) is 0 Å². The molecule has 0 radical (unpaired) electrons. The van der Waals surface area contributed by atoms with Gasteiger partial charge in [-0.2, -0.15) is 0 Å². The standard InChI is InChI=1S/C68H82N8O4/c1-9-73(10-2)41-45-77-53-25-17-49(18-26-53)65-57-33-35-59(69-57)66(50-19-27-54(28-20-50)78-46-42-74(11-3)12-4)61-37-39-63(71-61)68(52-23-31-56(32-24-52)80-48-44-76(15-7)16-8)64-40-38-62(72-64)67(60-36-34-58(65)70-60)51-21-29-55(30-22-51)79-47-43-75(13-5)14-6/h17-40,69-70H,9-16,41-48H2,1-8H3. The second-order valence-electron chi connectivity index (χ2n) is 20.1. The minimum Gasteiger partial charge on any atom is -0.492 e.